The number of fused-ring (bicyclic) bond motifs is 1. The first-order valence-corrected chi connectivity index (χ1v) is 7.49. The number of methoxy groups -OCH3 is 1. The fourth-order valence-corrected chi connectivity index (χ4v) is 2.55. The molecule has 0 atom stereocenters. The summed E-state index contributed by atoms with van der Waals surface area (Å²) in [6, 6.07) is 7.90. The van der Waals surface area contributed by atoms with Crippen molar-refractivity contribution in [2.24, 2.45) is 0 Å². The van der Waals surface area contributed by atoms with Gasteiger partial charge in [0.05, 0.1) is 12.0 Å². The summed E-state index contributed by atoms with van der Waals surface area (Å²) in [5.74, 6) is -2.40. The number of carbonyl (C=O) groups excluding carboxylic acids is 2. The molecule has 0 N–H and O–H groups in total. The summed E-state index contributed by atoms with van der Waals surface area (Å²) in [7, 11) is 1.03. The van der Waals surface area contributed by atoms with Gasteiger partial charge in [0.25, 0.3) is 5.69 Å². The van der Waals surface area contributed by atoms with Crippen molar-refractivity contribution >= 4 is 17.4 Å². The Hall–Kier alpha value is -3.56. The number of ketones is 1. The van der Waals surface area contributed by atoms with E-state index in [9.17, 15) is 28.5 Å². The van der Waals surface area contributed by atoms with E-state index in [1.165, 1.54) is 36.4 Å². The maximum absolute atomic E-state index is 13.1. The van der Waals surface area contributed by atoms with E-state index in [0.29, 0.717) is 11.1 Å². The van der Waals surface area contributed by atoms with E-state index in [1.807, 2.05) is 0 Å². The Labute approximate surface area is 150 Å². The molecule has 1 heterocycles. The number of alkyl halides is 2. The van der Waals surface area contributed by atoms with Crippen LogP contribution in [0.5, 0.6) is 11.5 Å². The maximum Gasteiger partial charge on any atom is 0.586 e. The number of ether oxygens (including phenoxy) is 3. The first-order chi connectivity index (χ1) is 12.7. The van der Waals surface area contributed by atoms with Crippen molar-refractivity contribution in [3.05, 3.63) is 52.1 Å². The lowest BCUT2D eigenvalue weighted by atomic mass is 9.99. The molecular formula is C17H11F2NO7. The van der Waals surface area contributed by atoms with Gasteiger partial charge >= 0.3 is 12.3 Å². The van der Waals surface area contributed by atoms with E-state index >= 15 is 0 Å². The second-order valence-corrected chi connectivity index (χ2v) is 5.52. The third kappa shape index (κ3) is 3.68. The zero-order valence-corrected chi connectivity index (χ0v) is 13.7. The molecule has 0 spiro atoms. The summed E-state index contributed by atoms with van der Waals surface area (Å²) in [6.45, 7) is 0. The number of nitro benzene ring substituents is 1. The number of rotatable bonds is 5. The highest BCUT2D eigenvalue weighted by atomic mass is 19.3. The average Bonchev–Trinajstić information content (AvgIpc) is 2.93. The van der Waals surface area contributed by atoms with Crippen LogP contribution in [0, 0.1) is 10.1 Å². The molecule has 2 aromatic rings. The summed E-state index contributed by atoms with van der Waals surface area (Å²) < 4.78 is 39.2. The topological polar surface area (TPSA) is 105 Å². The molecule has 3 rings (SSSR count). The normalized spacial score (nSPS) is 13.9. The number of Topliss-reactive ketones (excluding diaryl/α,β-unsaturated/α-hetero) is 1. The lowest BCUT2D eigenvalue weighted by molar-refractivity contribution is -0.385. The van der Waals surface area contributed by atoms with Gasteiger partial charge in [-0.3, -0.25) is 14.9 Å². The van der Waals surface area contributed by atoms with E-state index < -0.39 is 35.1 Å². The Balaban J connectivity index is 1.95. The fraction of sp³-hybridized carbons (Fsp3) is 0.176. The third-order valence-electron chi connectivity index (χ3n) is 3.78. The van der Waals surface area contributed by atoms with Crippen LogP contribution in [-0.2, 0) is 20.7 Å². The van der Waals surface area contributed by atoms with Gasteiger partial charge in [-0.1, -0.05) is 18.2 Å². The molecule has 0 aromatic heterocycles. The van der Waals surface area contributed by atoms with Crippen LogP contribution in [0.1, 0.15) is 5.56 Å². The summed E-state index contributed by atoms with van der Waals surface area (Å²) in [5, 5.41) is 11.3. The summed E-state index contributed by atoms with van der Waals surface area (Å²) in [6.07, 6.45) is -4.28. The van der Waals surface area contributed by atoms with E-state index in [-0.39, 0.29) is 17.1 Å². The van der Waals surface area contributed by atoms with E-state index in [4.69, 9.17) is 0 Å². The van der Waals surface area contributed by atoms with Crippen LogP contribution in [0.15, 0.2) is 36.4 Å². The second kappa shape index (κ2) is 6.63. The molecule has 27 heavy (non-hydrogen) atoms. The minimum atomic E-state index is -3.77. The van der Waals surface area contributed by atoms with Gasteiger partial charge in [0.2, 0.25) is 5.78 Å². The first-order valence-electron chi connectivity index (χ1n) is 7.49. The molecule has 1 aliphatic heterocycles. The van der Waals surface area contributed by atoms with Crippen molar-refractivity contribution in [1.29, 1.82) is 0 Å². The van der Waals surface area contributed by atoms with Crippen LogP contribution < -0.4 is 9.47 Å². The molecule has 0 amide bonds. The number of benzene rings is 2. The standard InChI is InChI=1S/C17H11F2NO7/c1-25-16(22)13(21)7-11-3-2-9(6-12(11)20(23)24)10-4-5-14-15(8-10)27-17(18,19)26-14/h2-6,8H,7H2,1H3. The zero-order valence-electron chi connectivity index (χ0n) is 13.7. The van der Waals surface area contributed by atoms with Crippen LogP contribution in [0.2, 0.25) is 0 Å². The molecule has 140 valence electrons. The predicted octanol–water partition coefficient (Wildman–Crippen LogP) is 2.87. The van der Waals surface area contributed by atoms with Gasteiger partial charge in [-0.2, -0.15) is 0 Å². The molecule has 10 heteroatoms. The monoisotopic (exact) mass is 379 g/mol. The van der Waals surface area contributed by atoms with Crippen molar-refractivity contribution < 1.29 is 37.5 Å². The van der Waals surface area contributed by atoms with E-state index in [2.05, 4.69) is 14.2 Å². The van der Waals surface area contributed by atoms with Crippen LogP contribution in [-0.4, -0.2) is 30.1 Å². The highest BCUT2D eigenvalue weighted by Gasteiger charge is 2.43. The fourth-order valence-electron chi connectivity index (χ4n) is 2.55. The van der Waals surface area contributed by atoms with Gasteiger partial charge in [-0.25, -0.2) is 4.79 Å². The number of halogens is 2. The minimum absolute atomic E-state index is 0.0198. The first kappa shape index (κ1) is 18.2. The molecule has 0 fully saturated rings. The summed E-state index contributed by atoms with van der Waals surface area (Å²) >= 11 is 0. The number of hydrogen-bond acceptors (Lipinski definition) is 7. The predicted molar refractivity (Wildman–Crippen MR) is 85.5 cm³/mol. The van der Waals surface area contributed by atoms with Gasteiger partial charge in [0, 0.05) is 18.1 Å². The molecule has 0 bridgehead atoms. The number of nitrogens with zero attached hydrogens (tertiary/aromatic N) is 1. The lowest BCUT2D eigenvalue weighted by Gasteiger charge is -2.07. The Kier molecular flexibility index (Phi) is 4.48. The summed E-state index contributed by atoms with van der Waals surface area (Å²) in [5.41, 5.74) is 0.320. The van der Waals surface area contributed by atoms with Crippen molar-refractivity contribution in [2.45, 2.75) is 12.7 Å². The largest absolute Gasteiger partial charge is 0.586 e. The van der Waals surface area contributed by atoms with Crippen molar-refractivity contribution in [3.63, 3.8) is 0 Å². The minimum Gasteiger partial charge on any atom is -0.463 e. The van der Waals surface area contributed by atoms with E-state index in [0.717, 1.165) is 7.11 Å². The van der Waals surface area contributed by atoms with Gasteiger partial charge < -0.3 is 14.2 Å². The van der Waals surface area contributed by atoms with Gasteiger partial charge in [-0.05, 0) is 23.3 Å². The molecule has 0 aliphatic carbocycles. The number of nitro groups is 1. The Morgan fingerprint density at radius 1 is 1.11 bits per heavy atom. The highest BCUT2D eigenvalue weighted by molar-refractivity contribution is 6.34. The number of carbonyl (C=O) groups is 2. The molecule has 2 aromatic carbocycles. The average molecular weight is 379 g/mol. The molecule has 0 saturated heterocycles. The molecule has 0 saturated carbocycles. The highest BCUT2D eigenvalue weighted by Crippen LogP contribution is 2.43. The molecule has 8 nitrogen and oxygen atoms in total. The Morgan fingerprint density at radius 2 is 1.74 bits per heavy atom. The van der Waals surface area contributed by atoms with Gasteiger partial charge in [0.15, 0.2) is 11.5 Å². The second-order valence-electron chi connectivity index (χ2n) is 5.52. The van der Waals surface area contributed by atoms with Crippen LogP contribution in [0.3, 0.4) is 0 Å². The van der Waals surface area contributed by atoms with Crippen LogP contribution in [0.25, 0.3) is 11.1 Å². The number of esters is 1. The summed E-state index contributed by atoms with van der Waals surface area (Å²) in [4.78, 5) is 33.5. The van der Waals surface area contributed by atoms with Gasteiger partial charge in [-0.15, -0.1) is 8.78 Å². The van der Waals surface area contributed by atoms with Crippen molar-refractivity contribution in [2.75, 3.05) is 7.11 Å². The molecule has 1 aliphatic rings. The zero-order chi connectivity index (χ0) is 19.8. The number of hydrogen-bond donors (Lipinski definition) is 0. The Bertz CT molecular complexity index is 958. The van der Waals surface area contributed by atoms with Crippen molar-refractivity contribution in [3.8, 4) is 22.6 Å². The SMILES string of the molecule is COC(=O)C(=O)Cc1ccc(-c2ccc3c(c2)OC(F)(F)O3)cc1[N+](=O)[O-]. The van der Waals surface area contributed by atoms with E-state index in [1.54, 1.807) is 0 Å². The Morgan fingerprint density at radius 3 is 2.41 bits per heavy atom. The molecule has 0 unspecified atom stereocenters. The van der Waals surface area contributed by atoms with Crippen LogP contribution in [0.4, 0.5) is 14.5 Å². The van der Waals surface area contributed by atoms with Crippen molar-refractivity contribution in [1.82, 2.24) is 0 Å². The lowest BCUT2D eigenvalue weighted by Crippen LogP contribution is -2.25. The van der Waals surface area contributed by atoms with Crippen LogP contribution >= 0.6 is 0 Å². The third-order valence-corrected chi connectivity index (χ3v) is 3.78. The van der Waals surface area contributed by atoms with Gasteiger partial charge in [0.1, 0.15) is 0 Å². The maximum atomic E-state index is 13.1. The molecule has 0 radical (unpaired) electrons. The smallest absolute Gasteiger partial charge is 0.463 e. The molecular weight excluding hydrogens is 368 g/mol. The quantitative estimate of drug-likeness (QED) is 0.340.